The standard InChI is InChI=1S/C24H20F4N4O/c25-7-10-30-14-20(15-30)31-8-6-17-11-19(2-4-22(17)31)32-9-5-16(12-23(32)33)21-3-1-18(13-29-21)24(26,27)28/h1-6,8-9,11-13,20H,7,10,14-15H2. The number of hydrogen-bond acceptors (Lipinski definition) is 3. The van der Waals surface area contributed by atoms with Gasteiger partial charge in [0.05, 0.1) is 17.3 Å². The highest BCUT2D eigenvalue weighted by atomic mass is 19.4. The monoisotopic (exact) mass is 456 g/mol. The molecule has 1 saturated heterocycles. The molecular weight excluding hydrogens is 436 g/mol. The van der Waals surface area contributed by atoms with Crippen molar-refractivity contribution in [3.05, 3.63) is 83.0 Å². The zero-order chi connectivity index (χ0) is 23.2. The largest absolute Gasteiger partial charge is 0.417 e. The van der Waals surface area contributed by atoms with Gasteiger partial charge in [0.15, 0.2) is 0 Å². The second kappa shape index (κ2) is 8.15. The minimum absolute atomic E-state index is 0.294. The summed E-state index contributed by atoms with van der Waals surface area (Å²) >= 11 is 0. The predicted octanol–water partition coefficient (Wildman–Crippen LogP) is 4.70. The number of halogens is 4. The SMILES string of the molecule is O=c1cc(-c2ccc(C(F)(F)F)cn2)ccn1-c1ccc2c(ccn2C2CN(CCF)C2)c1. The molecule has 0 bridgehead atoms. The first kappa shape index (κ1) is 21.4. The summed E-state index contributed by atoms with van der Waals surface area (Å²) in [5.74, 6) is 0. The van der Waals surface area contributed by atoms with E-state index in [0.29, 0.717) is 29.5 Å². The molecule has 0 atom stereocenters. The smallest absolute Gasteiger partial charge is 0.342 e. The number of likely N-dealkylation sites (tertiary alicyclic amines) is 1. The number of hydrogen-bond donors (Lipinski definition) is 0. The third-order valence-electron chi connectivity index (χ3n) is 6.02. The van der Waals surface area contributed by atoms with Gasteiger partial charge in [0.2, 0.25) is 0 Å². The maximum Gasteiger partial charge on any atom is 0.417 e. The summed E-state index contributed by atoms with van der Waals surface area (Å²) in [6, 6.07) is 13.2. The average Bonchev–Trinajstić information content (AvgIpc) is 3.18. The van der Waals surface area contributed by atoms with Crippen LogP contribution in [0.2, 0.25) is 0 Å². The van der Waals surface area contributed by atoms with Crippen molar-refractivity contribution < 1.29 is 17.6 Å². The Balaban J connectivity index is 1.39. The van der Waals surface area contributed by atoms with Crippen LogP contribution >= 0.6 is 0 Å². The van der Waals surface area contributed by atoms with Crippen LogP contribution in [0.1, 0.15) is 11.6 Å². The summed E-state index contributed by atoms with van der Waals surface area (Å²) in [6.07, 6.45) is -0.0959. The molecule has 9 heteroatoms. The van der Waals surface area contributed by atoms with E-state index in [1.807, 2.05) is 30.5 Å². The van der Waals surface area contributed by atoms with Crippen LogP contribution in [0, 0.1) is 0 Å². The molecule has 4 aromatic rings. The molecule has 3 aromatic heterocycles. The predicted molar refractivity (Wildman–Crippen MR) is 117 cm³/mol. The summed E-state index contributed by atoms with van der Waals surface area (Å²) in [4.78, 5) is 18.7. The van der Waals surface area contributed by atoms with Gasteiger partial charge < -0.3 is 4.57 Å². The lowest BCUT2D eigenvalue weighted by molar-refractivity contribution is -0.137. The van der Waals surface area contributed by atoms with Crippen molar-refractivity contribution in [3.8, 4) is 16.9 Å². The number of nitrogens with zero attached hydrogens (tertiary/aromatic N) is 4. The zero-order valence-corrected chi connectivity index (χ0v) is 17.5. The summed E-state index contributed by atoms with van der Waals surface area (Å²) in [6.45, 7) is 1.74. The molecular formula is C24H20F4N4O. The number of aromatic nitrogens is 3. The first-order valence-electron chi connectivity index (χ1n) is 10.5. The molecule has 0 spiro atoms. The molecule has 0 amide bonds. The third kappa shape index (κ3) is 4.04. The average molecular weight is 456 g/mol. The van der Waals surface area contributed by atoms with E-state index >= 15 is 0 Å². The van der Waals surface area contributed by atoms with Crippen molar-refractivity contribution in [1.29, 1.82) is 0 Å². The normalized spacial score (nSPS) is 15.2. The van der Waals surface area contributed by atoms with Crippen LogP contribution in [-0.4, -0.2) is 45.3 Å². The Bertz CT molecular complexity index is 1350. The lowest BCUT2D eigenvalue weighted by Gasteiger charge is -2.39. The molecule has 0 unspecified atom stereocenters. The van der Waals surface area contributed by atoms with Gasteiger partial charge in [-0.2, -0.15) is 13.2 Å². The van der Waals surface area contributed by atoms with Gasteiger partial charge >= 0.3 is 6.18 Å². The van der Waals surface area contributed by atoms with Crippen molar-refractivity contribution in [2.45, 2.75) is 12.2 Å². The number of fused-ring (bicyclic) bond motifs is 1. The van der Waals surface area contributed by atoms with Crippen molar-refractivity contribution in [1.82, 2.24) is 19.0 Å². The fourth-order valence-electron chi connectivity index (χ4n) is 4.22. The van der Waals surface area contributed by atoms with E-state index in [9.17, 15) is 22.4 Å². The minimum Gasteiger partial charge on any atom is -0.342 e. The molecule has 5 nitrogen and oxygen atoms in total. The lowest BCUT2D eigenvalue weighted by atomic mass is 10.1. The number of pyridine rings is 2. The summed E-state index contributed by atoms with van der Waals surface area (Å²) in [7, 11) is 0. The van der Waals surface area contributed by atoms with E-state index in [1.165, 1.54) is 16.7 Å². The molecule has 5 rings (SSSR count). The molecule has 0 N–H and O–H groups in total. The molecule has 1 aromatic carbocycles. The van der Waals surface area contributed by atoms with E-state index in [-0.39, 0.29) is 12.2 Å². The topological polar surface area (TPSA) is 43.1 Å². The molecule has 170 valence electrons. The van der Waals surface area contributed by atoms with E-state index in [0.717, 1.165) is 36.3 Å². The van der Waals surface area contributed by atoms with Crippen molar-refractivity contribution >= 4 is 10.9 Å². The van der Waals surface area contributed by atoms with Gasteiger partial charge in [0, 0.05) is 66.4 Å². The molecule has 0 radical (unpaired) electrons. The Kier molecular flexibility index (Phi) is 5.28. The minimum atomic E-state index is -4.46. The highest BCUT2D eigenvalue weighted by Crippen LogP contribution is 2.30. The van der Waals surface area contributed by atoms with Gasteiger partial charge in [-0.15, -0.1) is 0 Å². The Morgan fingerprint density at radius 3 is 2.48 bits per heavy atom. The van der Waals surface area contributed by atoms with Crippen LogP contribution in [0.15, 0.2) is 71.9 Å². The first-order valence-corrected chi connectivity index (χ1v) is 10.5. The van der Waals surface area contributed by atoms with Crippen LogP contribution in [0.5, 0.6) is 0 Å². The number of benzene rings is 1. The molecule has 1 aliphatic heterocycles. The summed E-state index contributed by atoms with van der Waals surface area (Å²) in [5, 5.41) is 0.983. The van der Waals surface area contributed by atoms with E-state index in [1.54, 1.807) is 12.3 Å². The fourth-order valence-corrected chi connectivity index (χ4v) is 4.22. The van der Waals surface area contributed by atoms with Gasteiger partial charge in [0.1, 0.15) is 6.67 Å². The number of rotatable bonds is 5. The molecule has 1 aliphatic rings. The fraction of sp³-hybridized carbons (Fsp3) is 0.250. The summed E-state index contributed by atoms with van der Waals surface area (Å²) < 4.78 is 54.4. The van der Waals surface area contributed by atoms with Gasteiger partial charge in [-0.3, -0.25) is 19.2 Å². The summed E-state index contributed by atoms with van der Waals surface area (Å²) in [5.41, 5.74) is 1.32. The maximum absolute atomic E-state index is 12.8. The van der Waals surface area contributed by atoms with Crippen molar-refractivity contribution in [3.63, 3.8) is 0 Å². The Labute approximate surface area is 186 Å². The van der Waals surface area contributed by atoms with Crippen LogP contribution in [0.4, 0.5) is 17.6 Å². The van der Waals surface area contributed by atoms with Crippen LogP contribution in [0.3, 0.4) is 0 Å². The van der Waals surface area contributed by atoms with Crippen LogP contribution < -0.4 is 5.56 Å². The third-order valence-corrected chi connectivity index (χ3v) is 6.02. The first-order chi connectivity index (χ1) is 15.8. The van der Waals surface area contributed by atoms with Gasteiger partial charge in [-0.05, 0) is 42.5 Å². The van der Waals surface area contributed by atoms with Crippen LogP contribution in [0.25, 0.3) is 27.8 Å². The van der Waals surface area contributed by atoms with Gasteiger partial charge in [-0.1, -0.05) is 0 Å². The second-order valence-corrected chi connectivity index (χ2v) is 8.12. The van der Waals surface area contributed by atoms with E-state index in [2.05, 4.69) is 14.5 Å². The zero-order valence-electron chi connectivity index (χ0n) is 17.5. The Morgan fingerprint density at radius 1 is 1.00 bits per heavy atom. The van der Waals surface area contributed by atoms with E-state index < -0.39 is 11.7 Å². The molecule has 33 heavy (non-hydrogen) atoms. The van der Waals surface area contributed by atoms with Crippen molar-refractivity contribution in [2.75, 3.05) is 26.3 Å². The van der Waals surface area contributed by atoms with E-state index in [4.69, 9.17) is 0 Å². The molecule has 0 saturated carbocycles. The van der Waals surface area contributed by atoms with Crippen LogP contribution in [-0.2, 0) is 6.18 Å². The molecule has 1 fully saturated rings. The van der Waals surface area contributed by atoms with Crippen molar-refractivity contribution in [2.24, 2.45) is 0 Å². The number of alkyl halides is 4. The van der Waals surface area contributed by atoms with Gasteiger partial charge in [0.25, 0.3) is 5.56 Å². The maximum atomic E-state index is 12.8. The molecule has 4 heterocycles. The van der Waals surface area contributed by atoms with Gasteiger partial charge in [-0.25, -0.2) is 4.39 Å². The Morgan fingerprint density at radius 2 is 1.82 bits per heavy atom. The Hall–Kier alpha value is -3.46. The lowest BCUT2D eigenvalue weighted by Crippen LogP contribution is -2.48. The quantitative estimate of drug-likeness (QED) is 0.409. The second-order valence-electron chi connectivity index (χ2n) is 8.12. The highest BCUT2D eigenvalue weighted by Gasteiger charge is 2.31. The molecule has 0 aliphatic carbocycles. The highest BCUT2D eigenvalue weighted by molar-refractivity contribution is 5.82.